The van der Waals surface area contributed by atoms with Gasteiger partial charge < -0.3 is 20.3 Å². The first-order valence-corrected chi connectivity index (χ1v) is 9.75. The predicted octanol–water partition coefficient (Wildman–Crippen LogP) is 3.93. The second-order valence-corrected chi connectivity index (χ2v) is 8.23. The SMILES string of the molecule is CN=C(NCc1ccc(C)cc1)NCC1CCCN(C(=O)OC(C)(C)C)C1.I. The molecule has 0 saturated carbocycles. The number of amides is 1. The summed E-state index contributed by atoms with van der Waals surface area (Å²) in [6.45, 7) is 10.8. The summed E-state index contributed by atoms with van der Waals surface area (Å²) < 4.78 is 5.50. The van der Waals surface area contributed by atoms with Gasteiger partial charge in [-0.25, -0.2) is 4.79 Å². The van der Waals surface area contributed by atoms with Gasteiger partial charge in [0.1, 0.15) is 5.60 Å². The minimum Gasteiger partial charge on any atom is -0.444 e. The molecular weight excluding hydrogens is 467 g/mol. The maximum absolute atomic E-state index is 12.3. The molecule has 0 radical (unpaired) electrons. The zero-order valence-electron chi connectivity index (χ0n) is 17.7. The molecular formula is C21H35IN4O2. The number of hydrogen-bond acceptors (Lipinski definition) is 3. The highest BCUT2D eigenvalue weighted by Gasteiger charge is 2.27. The van der Waals surface area contributed by atoms with Crippen molar-refractivity contribution in [2.75, 3.05) is 26.7 Å². The topological polar surface area (TPSA) is 66.0 Å². The molecule has 158 valence electrons. The third-order valence-corrected chi connectivity index (χ3v) is 4.53. The van der Waals surface area contributed by atoms with Gasteiger partial charge in [-0.1, -0.05) is 29.8 Å². The Morgan fingerprint density at radius 2 is 1.93 bits per heavy atom. The number of aryl methyl sites for hydroxylation is 1. The number of carbonyl (C=O) groups excluding carboxylic acids is 1. The number of hydrogen-bond donors (Lipinski definition) is 2. The molecule has 1 aromatic rings. The lowest BCUT2D eigenvalue weighted by molar-refractivity contribution is 0.0168. The van der Waals surface area contributed by atoms with E-state index in [0.29, 0.717) is 5.92 Å². The Bertz CT molecular complexity index is 641. The van der Waals surface area contributed by atoms with E-state index in [2.05, 4.69) is 46.8 Å². The number of likely N-dealkylation sites (tertiary alicyclic amines) is 1. The van der Waals surface area contributed by atoms with Crippen LogP contribution in [0.4, 0.5) is 4.79 Å². The van der Waals surface area contributed by atoms with E-state index >= 15 is 0 Å². The largest absolute Gasteiger partial charge is 0.444 e. The first kappa shape index (κ1) is 24.5. The number of nitrogens with one attached hydrogen (secondary N) is 2. The molecule has 2 rings (SSSR count). The summed E-state index contributed by atoms with van der Waals surface area (Å²) in [4.78, 5) is 18.4. The normalized spacial score (nSPS) is 17.5. The summed E-state index contributed by atoms with van der Waals surface area (Å²) in [6.07, 6.45) is 1.89. The quantitative estimate of drug-likeness (QED) is 0.372. The highest BCUT2D eigenvalue weighted by Crippen LogP contribution is 2.18. The van der Waals surface area contributed by atoms with Crippen LogP contribution in [0.1, 0.15) is 44.7 Å². The third kappa shape index (κ3) is 8.67. The average molecular weight is 502 g/mol. The maximum atomic E-state index is 12.3. The molecule has 2 N–H and O–H groups in total. The van der Waals surface area contributed by atoms with Crippen molar-refractivity contribution in [2.45, 2.75) is 52.7 Å². The number of carbonyl (C=O) groups is 1. The van der Waals surface area contributed by atoms with E-state index in [4.69, 9.17) is 4.74 Å². The molecule has 1 saturated heterocycles. The summed E-state index contributed by atoms with van der Waals surface area (Å²) in [7, 11) is 1.78. The first-order chi connectivity index (χ1) is 12.8. The molecule has 6 nitrogen and oxygen atoms in total. The zero-order valence-corrected chi connectivity index (χ0v) is 20.1. The minimum atomic E-state index is -0.454. The summed E-state index contributed by atoms with van der Waals surface area (Å²) in [5.74, 6) is 1.18. The monoisotopic (exact) mass is 502 g/mol. The van der Waals surface area contributed by atoms with Gasteiger partial charge in [0.2, 0.25) is 0 Å². The van der Waals surface area contributed by atoms with Crippen LogP contribution in [-0.2, 0) is 11.3 Å². The standard InChI is InChI=1S/C21H34N4O2.HI/c1-16-8-10-17(11-9-16)13-23-19(22-5)24-14-18-7-6-12-25(15-18)20(26)27-21(2,3)4;/h8-11,18H,6-7,12-15H2,1-5H3,(H2,22,23,24);1H. The van der Waals surface area contributed by atoms with Crippen LogP contribution in [-0.4, -0.2) is 49.2 Å². The average Bonchev–Trinajstić information content (AvgIpc) is 2.62. The number of piperidine rings is 1. The highest BCUT2D eigenvalue weighted by molar-refractivity contribution is 14.0. The van der Waals surface area contributed by atoms with Crippen LogP contribution < -0.4 is 10.6 Å². The first-order valence-electron chi connectivity index (χ1n) is 9.75. The van der Waals surface area contributed by atoms with Gasteiger partial charge in [-0.15, -0.1) is 24.0 Å². The molecule has 1 atom stereocenters. The Hall–Kier alpha value is -1.51. The molecule has 1 amide bonds. The van der Waals surface area contributed by atoms with E-state index in [9.17, 15) is 4.79 Å². The van der Waals surface area contributed by atoms with Crippen molar-refractivity contribution >= 4 is 36.0 Å². The van der Waals surface area contributed by atoms with Crippen LogP contribution in [0.3, 0.4) is 0 Å². The summed E-state index contributed by atoms with van der Waals surface area (Å²) in [6, 6.07) is 8.46. The van der Waals surface area contributed by atoms with Crippen LogP contribution in [0.25, 0.3) is 0 Å². The number of rotatable bonds is 4. The Kier molecular flexibility index (Phi) is 10.1. The fraction of sp³-hybridized carbons (Fsp3) is 0.619. The molecule has 1 aromatic carbocycles. The van der Waals surface area contributed by atoms with Crippen molar-refractivity contribution in [1.82, 2.24) is 15.5 Å². The second kappa shape index (κ2) is 11.5. The van der Waals surface area contributed by atoms with E-state index in [0.717, 1.165) is 45.0 Å². The van der Waals surface area contributed by atoms with E-state index in [1.165, 1.54) is 11.1 Å². The van der Waals surface area contributed by atoms with Crippen molar-refractivity contribution in [1.29, 1.82) is 0 Å². The fourth-order valence-electron chi connectivity index (χ4n) is 3.08. The van der Waals surface area contributed by atoms with Crippen molar-refractivity contribution in [3.63, 3.8) is 0 Å². The van der Waals surface area contributed by atoms with E-state index in [1.54, 1.807) is 7.05 Å². The molecule has 1 unspecified atom stereocenters. The number of ether oxygens (including phenoxy) is 1. The third-order valence-electron chi connectivity index (χ3n) is 4.53. The number of guanidine groups is 1. The Morgan fingerprint density at radius 1 is 1.25 bits per heavy atom. The molecule has 28 heavy (non-hydrogen) atoms. The second-order valence-electron chi connectivity index (χ2n) is 8.23. The molecule has 0 bridgehead atoms. The van der Waals surface area contributed by atoms with Gasteiger partial charge in [0, 0.05) is 33.2 Å². The number of aliphatic imine (C=N–C) groups is 1. The van der Waals surface area contributed by atoms with Crippen molar-refractivity contribution < 1.29 is 9.53 Å². The lowest BCUT2D eigenvalue weighted by Crippen LogP contribution is -2.47. The highest BCUT2D eigenvalue weighted by atomic mass is 127. The minimum absolute atomic E-state index is 0. The fourth-order valence-corrected chi connectivity index (χ4v) is 3.08. The summed E-state index contributed by atoms with van der Waals surface area (Å²) >= 11 is 0. The molecule has 0 aliphatic carbocycles. The van der Waals surface area contributed by atoms with Crippen LogP contribution in [0.15, 0.2) is 29.3 Å². The molecule has 1 aliphatic rings. The summed E-state index contributed by atoms with van der Waals surface area (Å²) in [5, 5.41) is 6.73. The van der Waals surface area contributed by atoms with Gasteiger partial charge in [-0.3, -0.25) is 4.99 Å². The summed E-state index contributed by atoms with van der Waals surface area (Å²) in [5.41, 5.74) is 2.02. The van der Waals surface area contributed by atoms with E-state index in [1.807, 2.05) is 25.7 Å². The lowest BCUT2D eigenvalue weighted by atomic mass is 9.98. The molecule has 1 heterocycles. The van der Waals surface area contributed by atoms with E-state index in [-0.39, 0.29) is 30.1 Å². The van der Waals surface area contributed by atoms with Crippen molar-refractivity contribution in [3.8, 4) is 0 Å². The van der Waals surface area contributed by atoms with Crippen LogP contribution in [0.2, 0.25) is 0 Å². The van der Waals surface area contributed by atoms with Gasteiger partial charge in [-0.05, 0) is 52.0 Å². The molecule has 1 fully saturated rings. The number of nitrogens with zero attached hydrogens (tertiary/aromatic N) is 2. The Balaban J connectivity index is 0.00000392. The molecule has 0 aromatic heterocycles. The van der Waals surface area contributed by atoms with Gasteiger partial charge in [0.05, 0.1) is 0 Å². The molecule has 1 aliphatic heterocycles. The predicted molar refractivity (Wildman–Crippen MR) is 125 cm³/mol. The number of benzene rings is 1. The smallest absolute Gasteiger partial charge is 0.410 e. The molecule has 0 spiro atoms. The maximum Gasteiger partial charge on any atom is 0.410 e. The van der Waals surface area contributed by atoms with Crippen LogP contribution >= 0.6 is 24.0 Å². The van der Waals surface area contributed by atoms with Gasteiger partial charge in [0.15, 0.2) is 5.96 Å². The van der Waals surface area contributed by atoms with Gasteiger partial charge in [0.25, 0.3) is 0 Å². The van der Waals surface area contributed by atoms with Crippen LogP contribution in [0, 0.1) is 12.8 Å². The zero-order chi connectivity index (χ0) is 19.9. The van der Waals surface area contributed by atoms with E-state index < -0.39 is 5.60 Å². The van der Waals surface area contributed by atoms with Gasteiger partial charge in [-0.2, -0.15) is 0 Å². The number of halogens is 1. The van der Waals surface area contributed by atoms with Crippen LogP contribution in [0.5, 0.6) is 0 Å². The van der Waals surface area contributed by atoms with Crippen molar-refractivity contribution in [2.24, 2.45) is 10.9 Å². The van der Waals surface area contributed by atoms with Crippen molar-refractivity contribution in [3.05, 3.63) is 35.4 Å². The van der Waals surface area contributed by atoms with Gasteiger partial charge >= 0.3 is 6.09 Å². The Labute approximate surface area is 186 Å². The lowest BCUT2D eigenvalue weighted by Gasteiger charge is -2.34. The Morgan fingerprint density at radius 3 is 2.54 bits per heavy atom. The molecule has 7 heteroatoms.